The minimum absolute atomic E-state index is 0.0492. The van der Waals surface area contributed by atoms with Gasteiger partial charge in [-0.25, -0.2) is 4.57 Å². The first kappa shape index (κ1) is 26.4. The third-order valence-corrected chi connectivity index (χ3v) is 7.57. The van der Waals surface area contributed by atoms with Gasteiger partial charge in [-0.3, -0.25) is 14.5 Å². The predicted octanol–water partition coefficient (Wildman–Crippen LogP) is 2.30. The van der Waals surface area contributed by atoms with Gasteiger partial charge < -0.3 is 29.0 Å². The molecule has 0 bridgehead atoms. The molecule has 1 unspecified atom stereocenters. The maximum absolute atomic E-state index is 13.7. The summed E-state index contributed by atoms with van der Waals surface area (Å²) in [7, 11) is 1.93. The Bertz CT molecular complexity index is 1150. The Labute approximate surface area is 222 Å². The van der Waals surface area contributed by atoms with Gasteiger partial charge in [-0.1, -0.05) is 13.0 Å². The zero-order valence-corrected chi connectivity index (χ0v) is 22.0. The molecule has 4 heterocycles. The molecule has 10 nitrogen and oxygen atoms in total. The molecule has 0 aliphatic carbocycles. The Morgan fingerprint density at radius 2 is 1.92 bits per heavy atom. The smallest absolute Gasteiger partial charge is 0.308 e. The number of aryl methyl sites for hydroxylation is 1. The van der Waals surface area contributed by atoms with Crippen molar-refractivity contribution in [1.29, 1.82) is 0 Å². The number of fused-ring (bicyclic) bond motifs is 1. The van der Waals surface area contributed by atoms with E-state index in [0.717, 1.165) is 17.7 Å². The fourth-order valence-corrected chi connectivity index (χ4v) is 5.83. The van der Waals surface area contributed by atoms with Gasteiger partial charge in [0.2, 0.25) is 12.7 Å². The summed E-state index contributed by atoms with van der Waals surface area (Å²) in [5.41, 5.74) is 1.70. The Kier molecular flexibility index (Phi) is 8.11. The van der Waals surface area contributed by atoms with E-state index in [2.05, 4.69) is 0 Å². The van der Waals surface area contributed by atoms with Crippen molar-refractivity contribution in [3.63, 3.8) is 0 Å². The SMILES string of the molecule is CCCN(C(=O)CN1C[C@H](c2ccc3c(c2)OCO3)C(C(=O)O)[C@@H]1CCC1OCCO1)c1ccc[n+](C)c1. The van der Waals surface area contributed by atoms with Gasteiger partial charge in [-0.15, -0.1) is 0 Å². The highest BCUT2D eigenvalue weighted by atomic mass is 16.7. The van der Waals surface area contributed by atoms with Gasteiger partial charge in [0.05, 0.1) is 25.7 Å². The number of carboxylic acid groups (broad SMARTS) is 1. The highest BCUT2D eigenvalue weighted by Gasteiger charge is 2.47. The zero-order valence-electron chi connectivity index (χ0n) is 22.0. The summed E-state index contributed by atoms with van der Waals surface area (Å²) in [5.74, 6) is -0.646. The first-order valence-electron chi connectivity index (χ1n) is 13.3. The molecule has 2 aromatic rings. The molecule has 2 saturated heterocycles. The van der Waals surface area contributed by atoms with Crippen molar-refractivity contribution < 1.29 is 38.2 Å². The lowest BCUT2D eigenvalue weighted by Gasteiger charge is -2.29. The Hall–Kier alpha value is -3.21. The molecule has 1 amide bonds. The van der Waals surface area contributed by atoms with Crippen LogP contribution >= 0.6 is 0 Å². The van der Waals surface area contributed by atoms with E-state index >= 15 is 0 Å². The van der Waals surface area contributed by atoms with Gasteiger partial charge in [-0.05, 0) is 43.0 Å². The number of hydrogen-bond acceptors (Lipinski definition) is 7. The number of benzene rings is 1. The van der Waals surface area contributed by atoms with E-state index in [4.69, 9.17) is 18.9 Å². The Morgan fingerprint density at radius 1 is 1.13 bits per heavy atom. The largest absolute Gasteiger partial charge is 0.481 e. The molecule has 0 saturated carbocycles. The van der Waals surface area contributed by atoms with Gasteiger partial charge >= 0.3 is 5.97 Å². The van der Waals surface area contributed by atoms with Crippen molar-refractivity contribution in [2.24, 2.45) is 13.0 Å². The van der Waals surface area contributed by atoms with Crippen LogP contribution in [-0.4, -0.2) is 73.9 Å². The molecular weight excluding hydrogens is 490 g/mol. The van der Waals surface area contributed by atoms with Crippen LogP contribution in [-0.2, 0) is 26.1 Å². The second kappa shape index (κ2) is 11.7. The van der Waals surface area contributed by atoms with Crippen LogP contribution in [0, 0.1) is 5.92 Å². The van der Waals surface area contributed by atoms with Crippen LogP contribution < -0.4 is 18.9 Å². The molecule has 1 aromatic heterocycles. The summed E-state index contributed by atoms with van der Waals surface area (Å²) in [4.78, 5) is 30.3. The standard InChI is InChI=1S/C28H35N3O7/c1-3-10-31(20-5-4-11-29(2)15-20)25(32)17-30-16-21(19-6-8-23-24(14-19)38-18-37-23)27(28(33)34)22(30)7-9-26-35-12-13-36-26/h4-6,8,11,14-15,21-22,26-27H,3,7,9-10,12-13,16-18H2,1-2H3/p+1/t21-,22+,27?/m1/s1. The van der Waals surface area contributed by atoms with Gasteiger partial charge in [0.15, 0.2) is 30.2 Å². The molecular formula is C28H36N3O7+. The van der Waals surface area contributed by atoms with Gasteiger partial charge in [-0.2, -0.15) is 0 Å². The number of carboxylic acids is 1. The highest BCUT2D eigenvalue weighted by molar-refractivity contribution is 5.94. The van der Waals surface area contributed by atoms with Gasteiger partial charge in [0.25, 0.3) is 0 Å². The summed E-state index contributed by atoms with van der Waals surface area (Å²) in [5, 5.41) is 10.4. The molecule has 10 heteroatoms. The van der Waals surface area contributed by atoms with E-state index < -0.39 is 11.9 Å². The number of pyridine rings is 1. The van der Waals surface area contributed by atoms with Crippen molar-refractivity contribution in [2.75, 3.05) is 44.5 Å². The fourth-order valence-electron chi connectivity index (χ4n) is 5.83. The van der Waals surface area contributed by atoms with Crippen LogP contribution in [0.2, 0.25) is 0 Å². The first-order valence-corrected chi connectivity index (χ1v) is 13.3. The summed E-state index contributed by atoms with van der Waals surface area (Å²) < 4.78 is 24.2. The molecule has 3 aliphatic rings. The molecule has 204 valence electrons. The average Bonchev–Trinajstić information content (AvgIpc) is 3.65. The Balaban J connectivity index is 1.41. The summed E-state index contributed by atoms with van der Waals surface area (Å²) in [6.07, 6.45) is 5.44. The quantitative estimate of drug-likeness (QED) is 0.471. The maximum atomic E-state index is 13.7. The van der Waals surface area contributed by atoms with Crippen LogP contribution in [0.5, 0.6) is 11.5 Å². The van der Waals surface area contributed by atoms with Crippen LogP contribution in [0.4, 0.5) is 5.69 Å². The number of likely N-dealkylation sites (tertiary alicyclic amines) is 1. The predicted molar refractivity (Wildman–Crippen MR) is 137 cm³/mol. The van der Waals surface area contributed by atoms with Crippen molar-refractivity contribution in [3.05, 3.63) is 48.3 Å². The van der Waals surface area contributed by atoms with E-state index in [1.54, 1.807) is 4.90 Å². The number of ether oxygens (including phenoxy) is 4. The van der Waals surface area contributed by atoms with Crippen LogP contribution in [0.1, 0.15) is 37.7 Å². The number of aliphatic carboxylic acids is 1. The minimum atomic E-state index is -0.874. The molecule has 38 heavy (non-hydrogen) atoms. The van der Waals surface area contributed by atoms with Crippen LogP contribution in [0.15, 0.2) is 42.7 Å². The molecule has 3 atom stereocenters. The molecule has 2 fully saturated rings. The second-order valence-corrected chi connectivity index (χ2v) is 10.1. The lowest BCUT2D eigenvalue weighted by atomic mass is 9.83. The fraction of sp³-hybridized carbons (Fsp3) is 0.536. The molecule has 1 aromatic carbocycles. The molecule has 5 rings (SSSR count). The lowest BCUT2D eigenvalue weighted by molar-refractivity contribution is -0.670. The summed E-state index contributed by atoms with van der Waals surface area (Å²) >= 11 is 0. The van der Waals surface area contributed by atoms with Crippen LogP contribution in [0.3, 0.4) is 0 Å². The number of carbonyl (C=O) groups excluding carboxylic acids is 1. The van der Waals surface area contributed by atoms with E-state index in [1.807, 2.05) is 66.2 Å². The van der Waals surface area contributed by atoms with Gasteiger partial charge in [0.1, 0.15) is 12.7 Å². The average molecular weight is 527 g/mol. The first-order chi connectivity index (χ1) is 18.4. The number of carbonyl (C=O) groups is 2. The van der Waals surface area contributed by atoms with Crippen LogP contribution in [0.25, 0.3) is 0 Å². The summed E-state index contributed by atoms with van der Waals surface area (Å²) in [6, 6.07) is 9.11. The number of anilines is 1. The zero-order chi connectivity index (χ0) is 26.6. The molecule has 3 aliphatic heterocycles. The summed E-state index contributed by atoms with van der Waals surface area (Å²) in [6.45, 7) is 4.43. The van der Waals surface area contributed by atoms with Crippen molar-refractivity contribution in [3.8, 4) is 11.5 Å². The van der Waals surface area contributed by atoms with Crippen molar-refractivity contribution >= 4 is 17.6 Å². The van der Waals surface area contributed by atoms with Crippen molar-refractivity contribution in [2.45, 2.75) is 44.4 Å². The number of aromatic nitrogens is 1. The molecule has 1 N–H and O–H groups in total. The lowest BCUT2D eigenvalue weighted by Crippen LogP contribution is -2.45. The number of hydrogen-bond donors (Lipinski definition) is 1. The number of nitrogens with zero attached hydrogens (tertiary/aromatic N) is 3. The van der Waals surface area contributed by atoms with E-state index in [9.17, 15) is 14.7 Å². The minimum Gasteiger partial charge on any atom is -0.481 e. The highest BCUT2D eigenvalue weighted by Crippen LogP contribution is 2.43. The number of amides is 1. The third kappa shape index (κ3) is 5.62. The van der Waals surface area contributed by atoms with E-state index in [0.29, 0.717) is 50.6 Å². The molecule has 0 radical (unpaired) electrons. The van der Waals surface area contributed by atoms with E-state index in [1.165, 1.54) is 0 Å². The monoisotopic (exact) mass is 526 g/mol. The Morgan fingerprint density at radius 3 is 2.66 bits per heavy atom. The third-order valence-electron chi connectivity index (χ3n) is 7.57. The van der Waals surface area contributed by atoms with Crippen molar-refractivity contribution in [1.82, 2.24) is 4.90 Å². The van der Waals surface area contributed by atoms with E-state index in [-0.39, 0.29) is 37.5 Å². The second-order valence-electron chi connectivity index (χ2n) is 10.1. The number of rotatable bonds is 10. The maximum Gasteiger partial charge on any atom is 0.308 e. The normalized spacial score (nSPS) is 23.2. The van der Waals surface area contributed by atoms with Gasteiger partial charge in [0, 0.05) is 31.1 Å². The topological polar surface area (TPSA) is 102 Å². The molecule has 0 spiro atoms.